The molecule has 1 aliphatic heterocycles. The quantitative estimate of drug-likeness (QED) is 0.672. The van der Waals surface area contributed by atoms with E-state index in [1.807, 2.05) is 0 Å². The van der Waals surface area contributed by atoms with Gasteiger partial charge in [0.2, 0.25) is 10.0 Å². The lowest BCUT2D eigenvalue weighted by Gasteiger charge is -2.28. The van der Waals surface area contributed by atoms with Crippen LogP contribution in [0.3, 0.4) is 0 Å². The minimum atomic E-state index is -3.43. The average molecular weight is 205 g/mol. The average Bonchev–Trinajstić information content (AvgIpc) is 2.04. The van der Waals surface area contributed by atoms with Crippen LogP contribution in [0.4, 0.5) is 0 Å². The Morgan fingerprint density at radius 2 is 2.31 bits per heavy atom. The highest BCUT2D eigenvalue weighted by Gasteiger charge is 2.32. The number of allylic oxidation sites excluding steroid dienone is 1. The van der Waals surface area contributed by atoms with Gasteiger partial charge in [-0.25, -0.2) is 13.6 Å². The van der Waals surface area contributed by atoms with Crippen LogP contribution in [-0.4, -0.2) is 26.9 Å². The summed E-state index contributed by atoms with van der Waals surface area (Å²) in [6, 6.07) is 0. The molecule has 0 aliphatic carbocycles. The first-order chi connectivity index (χ1) is 6.05. The van der Waals surface area contributed by atoms with Crippen LogP contribution in [-0.2, 0) is 14.8 Å². The fourth-order valence-corrected chi connectivity index (χ4v) is 2.79. The second kappa shape index (κ2) is 4.21. The van der Waals surface area contributed by atoms with Crippen LogP contribution in [0.2, 0.25) is 0 Å². The van der Waals surface area contributed by atoms with Gasteiger partial charge < -0.3 is 4.74 Å². The molecule has 1 heterocycles. The maximum atomic E-state index is 11.2. The smallest absolute Gasteiger partial charge is 0.212 e. The van der Waals surface area contributed by atoms with Gasteiger partial charge in [-0.1, -0.05) is 6.08 Å². The summed E-state index contributed by atoms with van der Waals surface area (Å²) in [5.74, 6) is -0.0266. The zero-order valence-electron chi connectivity index (χ0n) is 7.48. The van der Waals surface area contributed by atoms with E-state index in [9.17, 15) is 8.42 Å². The highest BCUT2D eigenvalue weighted by atomic mass is 32.2. The minimum Gasteiger partial charge on any atom is -0.381 e. The second-order valence-corrected chi connectivity index (χ2v) is 5.06. The van der Waals surface area contributed by atoms with Crippen LogP contribution in [0.1, 0.15) is 12.8 Å². The number of hydrogen-bond acceptors (Lipinski definition) is 3. The molecule has 1 aliphatic rings. The van der Waals surface area contributed by atoms with Gasteiger partial charge in [-0.2, -0.15) is 0 Å². The predicted molar refractivity (Wildman–Crippen MR) is 50.6 cm³/mol. The number of sulfonamides is 1. The normalized spacial score (nSPS) is 29.9. The van der Waals surface area contributed by atoms with E-state index in [1.54, 1.807) is 6.08 Å². The van der Waals surface area contributed by atoms with Gasteiger partial charge in [0.1, 0.15) is 0 Å². The molecule has 0 unspecified atom stereocenters. The van der Waals surface area contributed by atoms with Crippen molar-refractivity contribution in [2.45, 2.75) is 18.1 Å². The second-order valence-electron chi connectivity index (χ2n) is 3.28. The summed E-state index contributed by atoms with van der Waals surface area (Å²) in [5, 5.41) is 4.65. The Morgan fingerprint density at radius 3 is 2.85 bits per heavy atom. The molecule has 0 spiro atoms. The highest BCUT2D eigenvalue weighted by molar-refractivity contribution is 7.89. The Morgan fingerprint density at radius 1 is 1.62 bits per heavy atom. The van der Waals surface area contributed by atoms with Crippen molar-refractivity contribution in [1.29, 1.82) is 0 Å². The van der Waals surface area contributed by atoms with Gasteiger partial charge in [0.25, 0.3) is 0 Å². The van der Waals surface area contributed by atoms with E-state index in [2.05, 4.69) is 6.58 Å². The zero-order valence-corrected chi connectivity index (χ0v) is 8.29. The van der Waals surface area contributed by atoms with Gasteiger partial charge in [0.15, 0.2) is 0 Å². The van der Waals surface area contributed by atoms with Gasteiger partial charge in [0.05, 0.1) is 11.9 Å². The molecule has 2 N–H and O–H groups in total. The van der Waals surface area contributed by atoms with Crippen LogP contribution >= 0.6 is 0 Å². The first kappa shape index (κ1) is 10.7. The van der Waals surface area contributed by atoms with E-state index in [4.69, 9.17) is 9.88 Å². The minimum absolute atomic E-state index is 0.0266. The van der Waals surface area contributed by atoms with Crippen molar-refractivity contribution in [1.82, 2.24) is 0 Å². The molecule has 4 nitrogen and oxygen atoms in total. The van der Waals surface area contributed by atoms with Crippen molar-refractivity contribution >= 4 is 10.0 Å². The highest BCUT2D eigenvalue weighted by Crippen LogP contribution is 2.23. The molecule has 0 aromatic carbocycles. The largest absolute Gasteiger partial charge is 0.381 e. The number of primary sulfonamides is 1. The van der Waals surface area contributed by atoms with Crippen LogP contribution in [0.5, 0.6) is 0 Å². The fourth-order valence-electron chi connectivity index (χ4n) is 1.64. The van der Waals surface area contributed by atoms with Crippen molar-refractivity contribution < 1.29 is 13.2 Å². The zero-order chi connectivity index (χ0) is 9.90. The third-order valence-electron chi connectivity index (χ3n) is 2.30. The lowest BCUT2D eigenvalue weighted by molar-refractivity contribution is 0.0582. The number of hydrogen-bond donors (Lipinski definition) is 1. The van der Waals surface area contributed by atoms with Gasteiger partial charge in [0, 0.05) is 12.5 Å². The standard InChI is InChI=1S/C8H15NO3S/c1-2-3-7-6-12-5-4-8(7)13(9,10)11/h2,7-8H,1,3-6H2,(H2,9,10,11)/t7-,8-/m0/s1. The van der Waals surface area contributed by atoms with Crippen molar-refractivity contribution in [2.24, 2.45) is 11.1 Å². The Bertz CT molecular complexity index is 273. The van der Waals surface area contributed by atoms with Crippen molar-refractivity contribution in [2.75, 3.05) is 13.2 Å². The molecular weight excluding hydrogens is 190 g/mol. The molecule has 5 heteroatoms. The van der Waals surface area contributed by atoms with Gasteiger partial charge in [-0.3, -0.25) is 0 Å². The molecule has 2 atom stereocenters. The maximum absolute atomic E-state index is 11.2. The van der Waals surface area contributed by atoms with Crippen molar-refractivity contribution in [3.8, 4) is 0 Å². The van der Waals surface area contributed by atoms with E-state index >= 15 is 0 Å². The van der Waals surface area contributed by atoms with Crippen molar-refractivity contribution in [3.63, 3.8) is 0 Å². The summed E-state index contributed by atoms with van der Waals surface area (Å²) in [7, 11) is -3.43. The van der Waals surface area contributed by atoms with Gasteiger partial charge >= 0.3 is 0 Å². The Labute approximate surface area is 78.8 Å². The monoisotopic (exact) mass is 205 g/mol. The number of rotatable bonds is 3. The molecule has 0 bridgehead atoms. The summed E-state index contributed by atoms with van der Waals surface area (Å²) < 4.78 is 27.5. The summed E-state index contributed by atoms with van der Waals surface area (Å²) in [6.45, 7) is 4.53. The summed E-state index contributed by atoms with van der Waals surface area (Å²) in [6.07, 6.45) is 2.84. The number of nitrogens with two attached hydrogens (primary N) is 1. The molecule has 0 saturated carbocycles. The molecule has 1 rings (SSSR count). The van der Waals surface area contributed by atoms with Crippen molar-refractivity contribution in [3.05, 3.63) is 12.7 Å². The summed E-state index contributed by atoms with van der Waals surface area (Å²) in [5.41, 5.74) is 0. The Hall–Kier alpha value is -0.390. The molecule has 0 aromatic heterocycles. The first-order valence-corrected chi connectivity index (χ1v) is 5.87. The van der Waals surface area contributed by atoms with E-state index < -0.39 is 15.3 Å². The lowest BCUT2D eigenvalue weighted by atomic mass is 9.98. The maximum Gasteiger partial charge on any atom is 0.212 e. The predicted octanol–water partition coefficient (Wildman–Crippen LogP) is 0.256. The Kier molecular flexibility index (Phi) is 3.47. The van der Waals surface area contributed by atoms with Crippen LogP contribution in [0.15, 0.2) is 12.7 Å². The topological polar surface area (TPSA) is 69.4 Å². The van der Waals surface area contributed by atoms with Crippen LogP contribution in [0.25, 0.3) is 0 Å². The van der Waals surface area contributed by atoms with Gasteiger partial charge in [-0.05, 0) is 12.8 Å². The molecule has 1 fully saturated rings. The van der Waals surface area contributed by atoms with E-state index in [1.165, 1.54) is 0 Å². The Balaban J connectivity index is 2.73. The number of ether oxygens (including phenoxy) is 1. The molecule has 0 radical (unpaired) electrons. The SMILES string of the molecule is C=CC[C@H]1COCC[C@@H]1S(N)(=O)=O. The van der Waals surface area contributed by atoms with E-state index in [0.29, 0.717) is 26.1 Å². The molecule has 76 valence electrons. The third-order valence-corrected chi connectivity index (χ3v) is 3.76. The molecule has 0 amide bonds. The van der Waals surface area contributed by atoms with Crippen LogP contribution in [0, 0.1) is 5.92 Å². The lowest BCUT2D eigenvalue weighted by Crippen LogP contribution is -2.41. The summed E-state index contributed by atoms with van der Waals surface area (Å²) in [4.78, 5) is 0. The van der Waals surface area contributed by atoms with E-state index in [-0.39, 0.29) is 5.92 Å². The summed E-state index contributed by atoms with van der Waals surface area (Å²) >= 11 is 0. The molecule has 0 aromatic rings. The van der Waals surface area contributed by atoms with Crippen LogP contribution < -0.4 is 5.14 Å². The first-order valence-electron chi connectivity index (χ1n) is 4.26. The molecule has 1 saturated heterocycles. The molecule has 13 heavy (non-hydrogen) atoms. The van der Waals surface area contributed by atoms with E-state index in [0.717, 1.165) is 0 Å². The fraction of sp³-hybridized carbons (Fsp3) is 0.750. The molecular formula is C8H15NO3S. The van der Waals surface area contributed by atoms with Gasteiger partial charge in [-0.15, -0.1) is 6.58 Å². The third kappa shape index (κ3) is 2.79.